The molecule has 0 aliphatic carbocycles. The van der Waals surface area contributed by atoms with Crippen LogP contribution in [0.1, 0.15) is 67.7 Å². The van der Waals surface area contributed by atoms with E-state index < -0.39 is 47.0 Å². The number of fused-ring (bicyclic) bond motifs is 1. The molecule has 0 saturated heterocycles. The van der Waals surface area contributed by atoms with E-state index in [0.29, 0.717) is 5.69 Å². The summed E-state index contributed by atoms with van der Waals surface area (Å²) in [5.74, 6) is -5.08. The maximum Gasteiger partial charge on any atom is 0.337 e. The van der Waals surface area contributed by atoms with Crippen molar-refractivity contribution >= 4 is 52.8 Å². The number of amides is 3. The van der Waals surface area contributed by atoms with Crippen molar-refractivity contribution in [2.45, 2.75) is 0 Å². The first-order chi connectivity index (χ1) is 22.0. The van der Waals surface area contributed by atoms with Crippen LogP contribution in [-0.2, 0) is 9.47 Å². The molecule has 0 bridgehead atoms. The molecule has 4 aromatic carbocycles. The summed E-state index contributed by atoms with van der Waals surface area (Å²) < 4.78 is 9.39. The molecule has 1 aliphatic heterocycles. The average Bonchev–Trinajstić information content (AvgIpc) is 3.35. The summed E-state index contributed by atoms with van der Waals surface area (Å²) in [5.41, 5.74) is 0.671. The fraction of sp³-hybridized carbons (Fsp3) is 0.0606. The molecule has 0 radical (unpaired) electrons. The van der Waals surface area contributed by atoms with E-state index in [1.165, 1.54) is 93.1 Å². The highest BCUT2D eigenvalue weighted by atomic mass is 16.5. The van der Waals surface area contributed by atoms with Gasteiger partial charge in [-0.25, -0.2) is 14.4 Å². The molecule has 230 valence electrons. The summed E-state index contributed by atoms with van der Waals surface area (Å²) in [7, 11) is 2.46. The van der Waals surface area contributed by atoms with Crippen LogP contribution in [0.3, 0.4) is 0 Å². The molecule has 0 spiro atoms. The number of hydrogen-bond donors (Lipinski definition) is 5. The molecule has 0 unspecified atom stereocenters. The summed E-state index contributed by atoms with van der Waals surface area (Å²) in [6, 6.07) is 18.6. The number of carbonyl (C=O) groups excluding carboxylic acids is 5. The molecular formula is C33H24N4O9. The number of benzene rings is 4. The van der Waals surface area contributed by atoms with E-state index in [1.807, 2.05) is 0 Å². The quantitative estimate of drug-likeness (QED) is 0.0823. The van der Waals surface area contributed by atoms with Gasteiger partial charge in [-0.2, -0.15) is 0 Å². The van der Waals surface area contributed by atoms with E-state index in [9.17, 15) is 33.9 Å². The lowest BCUT2D eigenvalue weighted by Gasteiger charge is -2.19. The zero-order valence-corrected chi connectivity index (χ0v) is 24.2. The minimum absolute atomic E-state index is 0.0523. The molecule has 0 atom stereocenters. The molecule has 0 saturated carbocycles. The number of carboxylic acids is 1. The number of nitrogens with one attached hydrogen (secondary N) is 4. The van der Waals surface area contributed by atoms with E-state index in [4.69, 9.17) is 10.1 Å². The third kappa shape index (κ3) is 5.92. The van der Waals surface area contributed by atoms with Crippen LogP contribution in [0, 0.1) is 5.41 Å². The van der Waals surface area contributed by atoms with E-state index in [2.05, 4.69) is 20.7 Å². The summed E-state index contributed by atoms with van der Waals surface area (Å²) in [4.78, 5) is 74.5. The normalized spacial score (nSPS) is 11.6. The van der Waals surface area contributed by atoms with Gasteiger partial charge in [-0.1, -0.05) is 12.1 Å². The van der Waals surface area contributed by atoms with Crippen LogP contribution in [0.15, 0.2) is 78.9 Å². The largest absolute Gasteiger partial charge is 0.478 e. The van der Waals surface area contributed by atoms with E-state index in [-0.39, 0.29) is 50.2 Å². The van der Waals surface area contributed by atoms with Crippen molar-refractivity contribution < 1.29 is 43.3 Å². The Morgan fingerprint density at radius 3 is 1.74 bits per heavy atom. The van der Waals surface area contributed by atoms with Gasteiger partial charge in [0.05, 0.1) is 47.6 Å². The molecular weight excluding hydrogens is 596 g/mol. The van der Waals surface area contributed by atoms with Gasteiger partial charge in [0.1, 0.15) is 5.84 Å². The van der Waals surface area contributed by atoms with Gasteiger partial charge in [0.25, 0.3) is 17.7 Å². The average molecular weight is 621 g/mol. The Balaban J connectivity index is 1.60. The number of methoxy groups -OCH3 is 2. The lowest BCUT2D eigenvalue weighted by molar-refractivity contribution is 0.0592. The summed E-state index contributed by atoms with van der Waals surface area (Å²) in [6.07, 6.45) is 0. The standard InChI is InChI=1S/C33H24N4O9/c1-45-32(43)16-3-8-19(9-4-16)35-27(34)25-23(29(39)36-20-10-5-17(6-11-20)33(44)46-2)14-13-21(26(25)31(41)42)18-7-12-22-24(15-18)30(40)37-28(22)38/h3-15H,1-2H3,(H2,34,35)(H,36,39)(H,41,42)(H,37,38,40). The molecule has 5 N–H and O–H groups in total. The number of carbonyl (C=O) groups is 6. The van der Waals surface area contributed by atoms with Crippen LogP contribution in [0.4, 0.5) is 11.4 Å². The van der Waals surface area contributed by atoms with Gasteiger partial charge in [0.2, 0.25) is 0 Å². The predicted molar refractivity (Wildman–Crippen MR) is 165 cm³/mol. The van der Waals surface area contributed by atoms with Gasteiger partial charge in [-0.15, -0.1) is 0 Å². The number of aromatic carboxylic acids is 1. The van der Waals surface area contributed by atoms with E-state index in [0.717, 1.165) is 0 Å². The number of carboxylic acid groups (broad SMARTS) is 1. The molecule has 0 aromatic heterocycles. The van der Waals surface area contributed by atoms with Gasteiger partial charge in [0, 0.05) is 16.9 Å². The number of hydrogen-bond acceptors (Lipinski definition) is 9. The fourth-order valence-corrected chi connectivity index (χ4v) is 4.87. The molecule has 5 rings (SSSR count). The van der Waals surface area contributed by atoms with Crippen LogP contribution in [0.2, 0.25) is 0 Å². The van der Waals surface area contributed by atoms with Crippen molar-refractivity contribution in [2.75, 3.05) is 24.9 Å². The maximum absolute atomic E-state index is 13.6. The van der Waals surface area contributed by atoms with Gasteiger partial charge in [-0.3, -0.25) is 25.1 Å². The molecule has 13 heteroatoms. The number of amidine groups is 1. The van der Waals surface area contributed by atoms with Gasteiger partial charge in [0.15, 0.2) is 0 Å². The third-order valence-electron chi connectivity index (χ3n) is 7.10. The Morgan fingerprint density at radius 1 is 0.674 bits per heavy atom. The van der Waals surface area contributed by atoms with Crippen molar-refractivity contribution in [1.29, 1.82) is 5.41 Å². The highest BCUT2D eigenvalue weighted by Crippen LogP contribution is 2.32. The number of esters is 2. The SMILES string of the molecule is COC(=O)c1ccc(NC(=N)c2c(C(=O)Nc3ccc(C(=O)OC)cc3)ccc(-c3ccc4c(c3)C(=O)NC4=O)c2C(=O)O)cc1. The summed E-state index contributed by atoms with van der Waals surface area (Å²) >= 11 is 0. The van der Waals surface area contributed by atoms with Crippen molar-refractivity contribution in [3.8, 4) is 11.1 Å². The minimum atomic E-state index is -1.48. The maximum atomic E-state index is 13.6. The molecule has 46 heavy (non-hydrogen) atoms. The Kier molecular flexibility index (Phi) is 8.40. The Bertz CT molecular complexity index is 1970. The van der Waals surface area contributed by atoms with Crippen LogP contribution in [0.5, 0.6) is 0 Å². The van der Waals surface area contributed by atoms with Crippen molar-refractivity contribution in [3.63, 3.8) is 0 Å². The lowest BCUT2D eigenvalue weighted by Crippen LogP contribution is -2.24. The first-order valence-electron chi connectivity index (χ1n) is 13.5. The second kappa shape index (κ2) is 12.5. The molecule has 3 amide bonds. The first kappa shape index (κ1) is 30.8. The van der Waals surface area contributed by atoms with E-state index >= 15 is 0 Å². The molecule has 0 fully saturated rings. The Morgan fingerprint density at radius 2 is 1.20 bits per heavy atom. The van der Waals surface area contributed by atoms with Crippen molar-refractivity contribution in [3.05, 3.63) is 118 Å². The smallest absolute Gasteiger partial charge is 0.337 e. The predicted octanol–water partition coefficient (Wildman–Crippen LogP) is 4.20. The molecule has 13 nitrogen and oxygen atoms in total. The number of rotatable bonds is 8. The summed E-state index contributed by atoms with van der Waals surface area (Å²) in [6.45, 7) is 0. The second-order valence-corrected chi connectivity index (χ2v) is 9.85. The minimum Gasteiger partial charge on any atom is -0.478 e. The topological polar surface area (TPSA) is 201 Å². The van der Waals surface area contributed by atoms with E-state index in [1.54, 1.807) is 0 Å². The van der Waals surface area contributed by atoms with Crippen LogP contribution >= 0.6 is 0 Å². The monoisotopic (exact) mass is 620 g/mol. The van der Waals surface area contributed by atoms with Crippen molar-refractivity contribution in [2.24, 2.45) is 0 Å². The number of ether oxygens (including phenoxy) is 2. The Labute approximate surface area is 260 Å². The Hall–Kier alpha value is -6.63. The first-order valence-corrected chi connectivity index (χ1v) is 13.5. The highest BCUT2D eigenvalue weighted by molar-refractivity contribution is 6.23. The molecule has 1 heterocycles. The zero-order chi connectivity index (χ0) is 33.1. The van der Waals surface area contributed by atoms with Crippen LogP contribution < -0.4 is 16.0 Å². The fourth-order valence-electron chi connectivity index (χ4n) is 4.87. The van der Waals surface area contributed by atoms with Crippen molar-refractivity contribution in [1.82, 2.24) is 5.32 Å². The third-order valence-corrected chi connectivity index (χ3v) is 7.10. The molecule has 4 aromatic rings. The van der Waals surface area contributed by atoms with Gasteiger partial charge in [-0.05, 0) is 77.9 Å². The number of anilines is 2. The van der Waals surface area contributed by atoms with Crippen LogP contribution in [-0.4, -0.2) is 60.8 Å². The lowest BCUT2D eigenvalue weighted by atomic mass is 9.89. The van der Waals surface area contributed by atoms with Crippen LogP contribution in [0.25, 0.3) is 11.1 Å². The second-order valence-electron chi connectivity index (χ2n) is 9.85. The van der Waals surface area contributed by atoms with Gasteiger partial charge < -0.3 is 25.2 Å². The highest BCUT2D eigenvalue weighted by Gasteiger charge is 2.30. The molecule has 1 aliphatic rings. The number of imide groups is 1. The summed E-state index contributed by atoms with van der Waals surface area (Å²) in [5, 5.41) is 27.0. The van der Waals surface area contributed by atoms with Gasteiger partial charge >= 0.3 is 17.9 Å². The zero-order valence-electron chi connectivity index (χ0n) is 24.2.